The van der Waals surface area contributed by atoms with Crippen molar-refractivity contribution in [3.05, 3.63) is 0 Å². The van der Waals surface area contributed by atoms with Crippen molar-refractivity contribution in [2.45, 2.75) is 70.6 Å². The van der Waals surface area contributed by atoms with Crippen molar-refractivity contribution >= 4 is 11.9 Å². The summed E-state index contributed by atoms with van der Waals surface area (Å²) in [5.41, 5.74) is 0. The maximum absolute atomic E-state index is 13.2. The van der Waals surface area contributed by atoms with Gasteiger partial charge in [0.05, 0.1) is 6.61 Å². The molecule has 0 bridgehead atoms. The lowest BCUT2D eigenvalue weighted by molar-refractivity contribution is -0.239. The number of alkyl halides is 9. The van der Waals surface area contributed by atoms with E-state index in [9.17, 15) is 49.1 Å². The summed E-state index contributed by atoms with van der Waals surface area (Å²) in [6.45, 7) is 0.594. The molecule has 1 aliphatic rings. The van der Waals surface area contributed by atoms with Gasteiger partial charge in [-0.3, -0.25) is 9.59 Å². The third-order valence-corrected chi connectivity index (χ3v) is 5.21. The van der Waals surface area contributed by atoms with Crippen molar-refractivity contribution in [1.29, 1.82) is 0 Å². The zero-order valence-electron chi connectivity index (χ0n) is 16.7. The lowest BCUT2D eigenvalue weighted by Gasteiger charge is -2.32. The second-order valence-corrected chi connectivity index (χ2v) is 7.76. The summed E-state index contributed by atoms with van der Waals surface area (Å²) in [5, 5.41) is 0. The summed E-state index contributed by atoms with van der Waals surface area (Å²) in [7, 11) is 0. The van der Waals surface area contributed by atoms with Crippen LogP contribution in [0.5, 0.6) is 0 Å². The minimum absolute atomic E-state index is 0.0344. The molecule has 0 amide bonds. The number of hydrogen-bond acceptors (Lipinski definition) is 4. The molecular formula is C18H23F9O4. The third-order valence-electron chi connectivity index (χ3n) is 5.21. The van der Waals surface area contributed by atoms with E-state index in [0.717, 1.165) is 0 Å². The Balaban J connectivity index is 2.69. The van der Waals surface area contributed by atoms with E-state index in [0.29, 0.717) is 26.7 Å². The normalized spacial score (nSPS) is 23.6. The van der Waals surface area contributed by atoms with Crippen molar-refractivity contribution in [2.24, 2.45) is 23.7 Å². The number of ether oxygens (including phenoxy) is 2. The molecule has 5 atom stereocenters. The highest BCUT2D eigenvalue weighted by Gasteiger charge is 2.49. The zero-order valence-corrected chi connectivity index (χ0v) is 16.7. The number of hydrogen-bond donors (Lipinski definition) is 0. The van der Waals surface area contributed by atoms with Crippen molar-refractivity contribution < 1.29 is 58.6 Å². The Morgan fingerprint density at radius 2 is 1.29 bits per heavy atom. The molecular weight excluding hydrogens is 451 g/mol. The van der Waals surface area contributed by atoms with Gasteiger partial charge in [0.15, 0.2) is 6.10 Å². The van der Waals surface area contributed by atoms with Crippen LogP contribution in [0.15, 0.2) is 0 Å². The molecule has 0 spiro atoms. The molecule has 1 saturated carbocycles. The second-order valence-electron chi connectivity index (χ2n) is 7.76. The van der Waals surface area contributed by atoms with E-state index in [1.807, 2.05) is 0 Å². The molecule has 5 unspecified atom stereocenters. The maximum Gasteiger partial charge on any atom is 0.425 e. The SMILES string of the molecule is CC(C(=O)OCC1CCCC(CC(OC(=O)C(C)C(F)(F)F)C(F)(F)F)C1)C(F)(F)F. The molecule has 0 aliphatic heterocycles. The molecule has 0 aromatic heterocycles. The van der Waals surface area contributed by atoms with Crippen molar-refractivity contribution in [3.63, 3.8) is 0 Å². The minimum Gasteiger partial charge on any atom is -0.465 e. The largest absolute Gasteiger partial charge is 0.465 e. The molecule has 0 aromatic carbocycles. The van der Waals surface area contributed by atoms with Gasteiger partial charge in [-0.2, -0.15) is 39.5 Å². The van der Waals surface area contributed by atoms with Crippen LogP contribution >= 0.6 is 0 Å². The average molecular weight is 474 g/mol. The Morgan fingerprint density at radius 3 is 1.77 bits per heavy atom. The third kappa shape index (κ3) is 8.76. The van der Waals surface area contributed by atoms with E-state index in [2.05, 4.69) is 9.47 Å². The number of halogens is 9. The molecule has 1 rings (SSSR count). The second kappa shape index (κ2) is 10.3. The van der Waals surface area contributed by atoms with E-state index in [-0.39, 0.29) is 12.8 Å². The standard InChI is InChI=1S/C18H23F9O4/c1-9(16(19,20)21)14(28)30-8-12-5-3-4-11(6-12)7-13(18(25,26)27)31-15(29)10(2)17(22,23)24/h9-13H,3-8H2,1-2H3. The predicted octanol–water partition coefficient (Wildman–Crippen LogP) is 5.60. The first kappa shape index (κ1) is 27.3. The molecule has 0 radical (unpaired) electrons. The monoisotopic (exact) mass is 474 g/mol. The fourth-order valence-corrected chi connectivity index (χ4v) is 3.15. The Morgan fingerprint density at radius 1 is 0.806 bits per heavy atom. The number of carbonyl (C=O) groups excluding carboxylic acids is 2. The number of esters is 2. The maximum atomic E-state index is 13.2. The molecule has 31 heavy (non-hydrogen) atoms. The van der Waals surface area contributed by atoms with Gasteiger partial charge in [-0.25, -0.2) is 0 Å². The van der Waals surface area contributed by atoms with E-state index < -0.39 is 73.3 Å². The van der Waals surface area contributed by atoms with E-state index in [4.69, 9.17) is 0 Å². The van der Waals surface area contributed by atoms with Gasteiger partial charge in [0.2, 0.25) is 0 Å². The van der Waals surface area contributed by atoms with Crippen LogP contribution < -0.4 is 0 Å². The summed E-state index contributed by atoms with van der Waals surface area (Å²) in [5.74, 6) is -9.86. The molecule has 0 aromatic rings. The molecule has 0 heterocycles. The Bertz CT molecular complexity index is 613. The molecule has 1 fully saturated rings. The zero-order chi connectivity index (χ0) is 24.2. The van der Waals surface area contributed by atoms with E-state index >= 15 is 0 Å². The van der Waals surface area contributed by atoms with Crippen LogP contribution in [0.4, 0.5) is 39.5 Å². The Hall–Kier alpha value is -1.69. The van der Waals surface area contributed by atoms with Crippen molar-refractivity contribution in [1.82, 2.24) is 0 Å². The van der Waals surface area contributed by atoms with Gasteiger partial charge < -0.3 is 9.47 Å². The van der Waals surface area contributed by atoms with E-state index in [1.165, 1.54) is 0 Å². The molecule has 182 valence electrons. The molecule has 4 nitrogen and oxygen atoms in total. The van der Waals surface area contributed by atoms with Gasteiger partial charge in [-0.05, 0) is 44.9 Å². The highest BCUT2D eigenvalue weighted by atomic mass is 19.4. The van der Waals surface area contributed by atoms with Crippen LogP contribution in [0, 0.1) is 23.7 Å². The summed E-state index contributed by atoms with van der Waals surface area (Å²) in [6.07, 6.45) is -17.4. The highest BCUT2D eigenvalue weighted by Crippen LogP contribution is 2.38. The first-order valence-electron chi connectivity index (χ1n) is 9.50. The van der Waals surface area contributed by atoms with Crippen LogP contribution in [0.2, 0.25) is 0 Å². The number of carbonyl (C=O) groups is 2. The van der Waals surface area contributed by atoms with Gasteiger partial charge in [0, 0.05) is 0 Å². The Labute approximate surface area is 172 Å². The lowest BCUT2D eigenvalue weighted by atomic mass is 9.79. The topological polar surface area (TPSA) is 52.6 Å². The number of rotatable bonds is 7. The lowest BCUT2D eigenvalue weighted by Crippen LogP contribution is -2.40. The van der Waals surface area contributed by atoms with Crippen molar-refractivity contribution in [3.8, 4) is 0 Å². The highest BCUT2D eigenvalue weighted by molar-refractivity contribution is 5.73. The fourth-order valence-electron chi connectivity index (χ4n) is 3.15. The smallest absolute Gasteiger partial charge is 0.425 e. The van der Waals surface area contributed by atoms with Crippen LogP contribution in [-0.4, -0.2) is 43.2 Å². The quantitative estimate of drug-likeness (QED) is 0.356. The van der Waals surface area contributed by atoms with Gasteiger partial charge in [0.1, 0.15) is 11.8 Å². The van der Waals surface area contributed by atoms with Crippen LogP contribution in [0.1, 0.15) is 46.0 Å². The van der Waals surface area contributed by atoms with Gasteiger partial charge >= 0.3 is 30.5 Å². The van der Waals surface area contributed by atoms with Crippen LogP contribution in [0.25, 0.3) is 0 Å². The van der Waals surface area contributed by atoms with Crippen LogP contribution in [0.3, 0.4) is 0 Å². The summed E-state index contributed by atoms with van der Waals surface area (Å²) >= 11 is 0. The van der Waals surface area contributed by atoms with Gasteiger partial charge in [0.25, 0.3) is 0 Å². The van der Waals surface area contributed by atoms with Crippen molar-refractivity contribution in [2.75, 3.05) is 6.61 Å². The van der Waals surface area contributed by atoms with Gasteiger partial charge in [-0.1, -0.05) is 12.8 Å². The molecule has 0 saturated heterocycles. The molecule has 13 heteroatoms. The minimum atomic E-state index is -5.09. The summed E-state index contributed by atoms with van der Waals surface area (Å²) in [6, 6.07) is 0. The summed E-state index contributed by atoms with van der Waals surface area (Å²) < 4.78 is 124. The molecule has 0 N–H and O–H groups in total. The molecule has 1 aliphatic carbocycles. The Kier molecular flexibility index (Phi) is 9.07. The predicted molar refractivity (Wildman–Crippen MR) is 87.4 cm³/mol. The summed E-state index contributed by atoms with van der Waals surface area (Å²) in [4.78, 5) is 22.9. The van der Waals surface area contributed by atoms with Crippen LogP contribution in [-0.2, 0) is 19.1 Å². The first-order chi connectivity index (χ1) is 13.9. The van der Waals surface area contributed by atoms with Gasteiger partial charge in [-0.15, -0.1) is 0 Å². The first-order valence-corrected chi connectivity index (χ1v) is 9.50. The fraction of sp³-hybridized carbons (Fsp3) is 0.889. The van der Waals surface area contributed by atoms with E-state index in [1.54, 1.807) is 0 Å². The average Bonchev–Trinajstić information content (AvgIpc) is 2.62.